The van der Waals surface area contributed by atoms with E-state index in [-0.39, 0.29) is 43.3 Å². The Bertz CT molecular complexity index is 1100. The first kappa shape index (κ1) is 26.2. The Balaban J connectivity index is 1.77. The second kappa shape index (κ2) is 12.3. The number of amides is 2. The summed E-state index contributed by atoms with van der Waals surface area (Å²) in [4.78, 5) is 30.0. The van der Waals surface area contributed by atoms with Crippen molar-refractivity contribution in [1.82, 2.24) is 9.80 Å². The zero-order valence-corrected chi connectivity index (χ0v) is 21.1. The van der Waals surface area contributed by atoms with Crippen LogP contribution in [0.25, 0.3) is 0 Å². The van der Waals surface area contributed by atoms with Gasteiger partial charge in [0.1, 0.15) is 23.9 Å². The van der Waals surface area contributed by atoms with Crippen LogP contribution in [0.5, 0.6) is 0 Å². The number of hydrogen-bond donors (Lipinski definition) is 0. The highest BCUT2D eigenvalue weighted by molar-refractivity contribution is 5.96. The Hall–Kier alpha value is -3.41. The molecule has 0 bridgehead atoms. The third-order valence-corrected chi connectivity index (χ3v) is 5.99. The van der Waals surface area contributed by atoms with E-state index >= 15 is 0 Å². The minimum atomic E-state index is -0.328. The lowest BCUT2D eigenvalue weighted by molar-refractivity contribution is -0.133. The summed E-state index contributed by atoms with van der Waals surface area (Å²) in [5.74, 6) is 0.708. The van der Waals surface area contributed by atoms with E-state index in [1.807, 2.05) is 57.2 Å². The Morgan fingerprint density at radius 1 is 0.914 bits per heavy atom. The van der Waals surface area contributed by atoms with Crippen molar-refractivity contribution in [3.63, 3.8) is 0 Å². The Morgan fingerprint density at radius 2 is 1.57 bits per heavy atom. The normalized spacial score (nSPS) is 11.0. The van der Waals surface area contributed by atoms with Gasteiger partial charge in [0.15, 0.2) is 0 Å². The molecule has 2 amide bonds. The Labute approximate surface area is 207 Å². The zero-order chi connectivity index (χ0) is 25.4. The number of unbranched alkanes of at least 4 members (excludes halogenated alkanes) is 1. The van der Waals surface area contributed by atoms with Gasteiger partial charge in [-0.3, -0.25) is 9.59 Å². The molecule has 0 aliphatic rings. The third-order valence-electron chi connectivity index (χ3n) is 5.99. The molecular weight excluding hydrogens is 443 g/mol. The molecule has 0 unspecified atom stereocenters. The molecular formula is C29H35FN2O3. The minimum Gasteiger partial charge on any atom is -0.464 e. The molecule has 186 valence electrons. The number of rotatable bonds is 11. The van der Waals surface area contributed by atoms with Crippen LogP contribution in [0.15, 0.2) is 65.1 Å². The van der Waals surface area contributed by atoms with Gasteiger partial charge in [-0.1, -0.05) is 37.6 Å². The molecule has 0 atom stereocenters. The summed E-state index contributed by atoms with van der Waals surface area (Å²) in [6, 6.07) is 17.3. The van der Waals surface area contributed by atoms with E-state index in [9.17, 15) is 14.0 Å². The lowest BCUT2D eigenvalue weighted by atomic mass is 10.1. The molecule has 3 aromatic rings. The lowest BCUT2D eigenvalue weighted by Gasteiger charge is -2.30. The number of halogens is 1. The molecule has 5 nitrogen and oxygen atoms in total. The molecule has 1 heterocycles. The summed E-state index contributed by atoms with van der Waals surface area (Å²) in [5.41, 5.74) is 2.57. The summed E-state index contributed by atoms with van der Waals surface area (Å²) >= 11 is 0. The molecule has 0 N–H and O–H groups in total. The maximum atomic E-state index is 13.5. The maximum Gasteiger partial charge on any atom is 0.254 e. The van der Waals surface area contributed by atoms with Crippen LogP contribution in [0, 0.1) is 12.7 Å². The third kappa shape index (κ3) is 7.54. The van der Waals surface area contributed by atoms with Crippen molar-refractivity contribution in [3.8, 4) is 0 Å². The molecule has 35 heavy (non-hydrogen) atoms. The van der Waals surface area contributed by atoms with Crippen molar-refractivity contribution in [2.45, 2.75) is 66.1 Å². The van der Waals surface area contributed by atoms with Crippen molar-refractivity contribution in [1.29, 1.82) is 0 Å². The Kier molecular flexibility index (Phi) is 9.24. The highest BCUT2D eigenvalue weighted by atomic mass is 19.1. The predicted molar refractivity (Wildman–Crippen MR) is 135 cm³/mol. The highest BCUT2D eigenvalue weighted by Crippen LogP contribution is 2.17. The second-order valence-corrected chi connectivity index (χ2v) is 9.22. The first-order valence-electron chi connectivity index (χ1n) is 12.2. The van der Waals surface area contributed by atoms with Gasteiger partial charge in [0, 0.05) is 18.2 Å². The summed E-state index contributed by atoms with van der Waals surface area (Å²) in [6.45, 7) is 8.29. The fourth-order valence-electron chi connectivity index (χ4n) is 3.90. The van der Waals surface area contributed by atoms with E-state index in [1.54, 1.807) is 21.9 Å². The van der Waals surface area contributed by atoms with Gasteiger partial charge in [0.2, 0.25) is 5.91 Å². The van der Waals surface area contributed by atoms with Gasteiger partial charge in [-0.15, -0.1) is 0 Å². The van der Waals surface area contributed by atoms with Gasteiger partial charge >= 0.3 is 0 Å². The van der Waals surface area contributed by atoms with Crippen LogP contribution in [-0.4, -0.2) is 34.2 Å². The number of nitrogens with zero attached hydrogens (tertiary/aromatic N) is 2. The fourth-order valence-corrected chi connectivity index (χ4v) is 3.90. The molecule has 0 fully saturated rings. The van der Waals surface area contributed by atoms with Gasteiger partial charge in [-0.2, -0.15) is 0 Å². The average molecular weight is 479 g/mol. The number of benzene rings is 2. The van der Waals surface area contributed by atoms with E-state index in [2.05, 4.69) is 6.92 Å². The van der Waals surface area contributed by atoms with Crippen molar-refractivity contribution >= 4 is 11.8 Å². The van der Waals surface area contributed by atoms with E-state index < -0.39 is 0 Å². The largest absolute Gasteiger partial charge is 0.464 e. The quantitative estimate of drug-likeness (QED) is 0.332. The molecule has 2 aromatic carbocycles. The van der Waals surface area contributed by atoms with E-state index in [1.165, 1.54) is 17.7 Å². The number of carbonyl (C=O) groups is 2. The molecule has 0 spiro atoms. The molecule has 0 saturated carbocycles. The molecule has 0 radical (unpaired) electrons. The molecule has 1 aromatic heterocycles. The van der Waals surface area contributed by atoms with Gasteiger partial charge in [-0.05, 0) is 81.1 Å². The maximum absolute atomic E-state index is 13.5. The van der Waals surface area contributed by atoms with Gasteiger partial charge < -0.3 is 14.2 Å². The Morgan fingerprint density at radius 3 is 2.14 bits per heavy atom. The van der Waals surface area contributed by atoms with Crippen molar-refractivity contribution in [3.05, 3.63) is 94.7 Å². The second-order valence-electron chi connectivity index (χ2n) is 9.22. The first-order chi connectivity index (χ1) is 16.8. The van der Waals surface area contributed by atoms with Crippen LogP contribution in [-0.2, 0) is 24.3 Å². The van der Waals surface area contributed by atoms with E-state index in [0.29, 0.717) is 11.3 Å². The molecule has 0 aliphatic carbocycles. The van der Waals surface area contributed by atoms with Crippen LogP contribution >= 0.6 is 0 Å². The standard InChI is InChI=1S/C29H35FN2O3/c1-5-6-7-23-9-13-25(14-10-23)29(34)32(21(2)3)20-28(33)31(19-27-17-8-22(4)35-27)18-24-11-15-26(30)16-12-24/h8-17,21H,5-7,18-20H2,1-4H3. The summed E-state index contributed by atoms with van der Waals surface area (Å²) in [5, 5.41) is 0. The van der Waals surface area contributed by atoms with Crippen molar-refractivity contribution in [2.75, 3.05) is 6.54 Å². The fraction of sp³-hybridized carbons (Fsp3) is 0.379. The van der Waals surface area contributed by atoms with Gasteiger partial charge in [0.25, 0.3) is 5.91 Å². The monoisotopic (exact) mass is 478 g/mol. The van der Waals surface area contributed by atoms with Crippen LogP contribution in [0.4, 0.5) is 4.39 Å². The van der Waals surface area contributed by atoms with Crippen LogP contribution in [0.3, 0.4) is 0 Å². The smallest absolute Gasteiger partial charge is 0.254 e. The zero-order valence-electron chi connectivity index (χ0n) is 21.1. The van der Waals surface area contributed by atoms with Gasteiger partial charge in [-0.25, -0.2) is 4.39 Å². The predicted octanol–water partition coefficient (Wildman–Crippen LogP) is 6.15. The number of furan rings is 1. The van der Waals surface area contributed by atoms with Gasteiger partial charge in [0.05, 0.1) is 6.54 Å². The number of aryl methyl sites for hydroxylation is 2. The van der Waals surface area contributed by atoms with Crippen LogP contribution in [0.1, 0.15) is 66.6 Å². The average Bonchev–Trinajstić information content (AvgIpc) is 3.26. The highest BCUT2D eigenvalue weighted by Gasteiger charge is 2.25. The van der Waals surface area contributed by atoms with Crippen LogP contribution < -0.4 is 0 Å². The van der Waals surface area contributed by atoms with E-state index in [0.717, 1.165) is 30.6 Å². The summed E-state index contributed by atoms with van der Waals surface area (Å²) in [6.07, 6.45) is 3.22. The topological polar surface area (TPSA) is 53.8 Å². The summed E-state index contributed by atoms with van der Waals surface area (Å²) in [7, 11) is 0. The molecule has 0 saturated heterocycles. The number of carbonyl (C=O) groups excluding carboxylic acids is 2. The first-order valence-corrected chi connectivity index (χ1v) is 12.2. The van der Waals surface area contributed by atoms with Crippen molar-refractivity contribution < 1.29 is 18.4 Å². The molecule has 6 heteroatoms. The van der Waals surface area contributed by atoms with E-state index in [4.69, 9.17) is 4.42 Å². The minimum absolute atomic E-state index is 0.0605. The molecule has 3 rings (SSSR count). The lowest BCUT2D eigenvalue weighted by Crippen LogP contribution is -2.45. The SMILES string of the molecule is CCCCc1ccc(C(=O)N(CC(=O)N(Cc2ccc(F)cc2)Cc2ccc(C)o2)C(C)C)cc1. The molecule has 0 aliphatic heterocycles. The van der Waals surface area contributed by atoms with Crippen molar-refractivity contribution in [2.24, 2.45) is 0 Å². The summed E-state index contributed by atoms with van der Waals surface area (Å²) < 4.78 is 19.1. The number of hydrogen-bond acceptors (Lipinski definition) is 3. The van der Waals surface area contributed by atoms with Crippen LogP contribution in [0.2, 0.25) is 0 Å².